The van der Waals surface area contributed by atoms with Crippen molar-refractivity contribution in [1.29, 1.82) is 0 Å². The number of oxazole rings is 1. The van der Waals surface area contributed by atoms with Crippen molar-refractivity contribution in [3.63, 3.8) is 0 Å². The molecular weight excluding hydrogens is 406 g/mol. The second-order valence-corrected chi connectivity index (χ2v) is 7.76. The molecule has 8 heteroatoms. The van der Waals surface area contributed by atoms with Crippen LogP contribution >= 0.6 is 11.6 Å². The standard InChI is InChI=1S/C22H22ClN3O4/c23-15-9-10-16(21(28)25-11-3-4-12-25)17(14-15)24-20(27)8-5-13-26-18-6-1-2-7-19(18)30-22(26)29/h1-2,6-7,9-10,14H,3-5,8,11-13H2,(H,24,27). The number of likely N-dealkylation sites (tertiary alicyclic amines) is 1. The first-order valence-electron chi connectivity index (χ1n) is 10.00. The van der Waals surface area contributed by atoms with Gasteiger partial charge in [0.25, 0.3) is 5.91 Å². The van der Waals surface area contributed by atoms with Crippen molar-refractivity contribution in [2.75, 3.05) is 18.4 Å². The molecule has 1 fully saturated rings. The summed E-state index contributed by atoms with van der Waals surface area (Å²) < 4.78 is 6.72. The largest absolute Gasteiger partial charge is 0.419 e. The topological polar surface area (TPSA) is 84.5 Å². The van der Waals surface area contributed by atoms with E-state index in [2.05, 4.69) is 5.32 Å². The van der Waals surface area contributed by atoms with E-state index in [9.17, 15) is 14.4 Å². The number of hydrogen-bond acceptors (Lipinski definition) is 4. The fourth-order valence-corrected chi connectivity index (χ4v) is 3.91. The number of aromatic nitrogens is 1. The van der Waals surface area contributed by atoms with Gasteiger partial charge in [-0.2, -0.15) is 0 Å². The summed E-state index contributed by atoms with van der Waals surface area (Å²) >= 11 is 6.08. The summed E-state index contributed by atoms with van der Waals surface area (Å²) in [6.07, 6.45) is 2.62. The Kier molecular flexibility index (Phi) is 5.90. The Labute approximate surface area is 178 Å². The molecule has 0 atom stereocenters. The first-order valence-corrected chi connectivity index (χ1v) is 10.4. The summed E-state index contributed by atoms with van der Waals surface area (Å²) in [5, 5.41) is 3.25. The first-order chi connectivity index (χ1) is 14.5. The third-order valence-electron chi connectivity index (χ3n) is 5.24. The lowest BCUT2D eigenvalue weighted by Gasteiger charge is -2.18. The summed E-state index contributed by atoms with van der Waals surface area (Å²) in [7, 11) is 0. The lowest BCUT2D eigenvalue weighted by Crippen LogP contribution is -2.28. The second kappa shape index (κ2) is 8.75. The van der Waals surface area contributed by atoms with Crippen LogP contribution < -0.4 is 11.1 Å². The maximum atomic E-state index is 12.8. The molecule has 7 nitrogen and oxygen atoms in total. The molecule has 0 bridgehead atoms. The van der Waals surface area contributed by atoms with Gasteiger partial charge in [-0.05, 0) is 49.6 Å². The molecule has 0 saturated carbocycles. The lowest BCUT2D eigenvalue weighted by molar-refractivity contribution is -0.116. The van der Waals surface area contributed by atoms with Gasteiger partial charge in [-0.1, -0.05) is 23.7 Å². The number of nitrogens with one attached hydrogen (secondary N) is 1. The number of nitrogens with zero attached hydrogens (tertiary/aromatic N) is 2. The van der Waals surface area contributed by atoms with E-state index < -0.39 is 5.76 Å². The van der Waals surface area contributed by atoms with Gasteiger partial charge in [0.1, 0.15) is 0 Å². The third kappa shape index (κ3) is 4.26. The number of halogens is 1. The molecule has 1 N–H and O–H groups in total. The van der Waals surface area contributed by atoms with Crippen LogP contribution in [0.4, 0.5) is 5.69 Å². The highest BCUT2D eigenvalue weighted by Gasteiger charge is 2.22. The average molecular weight is 428 g/mol. The van der Waals surface area contributed by atoms with Crippen molar-refractivity contribution in [2.45, 2.75) is 32.2 Å². The van der Waals surface area contributed by atoms with E-state index in [1.807, 2.05) is 12.1 Å². The maximum Gasteiger partial charge on any atom is 0.419 e. The Hall–Kier alpha value is -3.06. The molecule has 0 unspecified atom stereocenters. The molecule has 0 radical (unpaired) electrons. The average Bonchev–Trinajstić information content (AvgIpc) is 3.36. The maximum absolute atomic E-state index is 12.8. The quantitative estimate of drug-likeness (QED) is 0.646. The molecule has 0 aliphatic carbocycles. The monoisotopic (exact) mass is 427 g/mol. The highest BCUT2D eigenvalue weighted by atomic mass is 35.5. The van der Waals surface area contributed by atoms with Gasteiger partial charge in [0.15, 0.2) is 5.58 Å². The first kappa shape index (κ1) is 20.2. The molecule has 2 aromatic carbocycles. The molecule has 1 aliphatic rings. The highest BCUT2D eigenvalue weighted by Crippen LogP contribution is 2.24. The van der Waals surface area contributed by atoms with E-state index in [-0.39, 0.29) is 18.2 Å². The van der Waals surface area contributed by atoms with Gasteiger partial charge in [-0.3, -0.25) is 14.2 Å². The van der Waals surface area contributed by atoms with Crippen molar-refractivity contribution in [3.8, 4) is 0 Å². The van der Waals surface area contributed by atoms with E-state index >= 15 is 0 Å². The summed E-state index contributed by atoms with van der Waals surface area (Å²) in [5.41, 5.74) is 2.08. The molecule has 2 amide bonds. The molecule has 2 heterocycles. The van der Waals surface area contributed by atoms with Crippen molar-refractivity contribution in [2.24, 2.45) is 0 Å². The molecule has 1 saturated heterocycles. The summed E-state index contributed by atoms with van der Waals surface area (Å²) in [5.74, 6) is -0.783. The Morgan fingerprint density at radius 1 is 1.10 bits per heavy atom. The summed E-state index contributed by atoms with van der Waals surface area (Å²) in [6.45, 7) is 1.81. The number of carbonyl (C=O) groups excluding carboxylic acids is 2. The van der Waals surface area contributed by atoms with E-state index in [0.717, 1.165) is 25.9 Å². The minimum absolute atomic E-state index is 0.101. The number of anilines is 1. The van der Waals surface area contributed by atoms with Crippen molar-refractivity contribution in [3.05, 3.63) is 63.6 Å². The van der Waals surface area contributed by atoms with Crippen LogP contribution in [0.25, 0.3) is 11.1 Å². The molecule has 1 aromatic heterocycles. The zero-order valence-corrected chi connectivity index (χ0v) is 17.2. The van der Waals surface area contributed by atoms with Gasteiger partial charge >= 0.3 is 5.76 Å². The normalized spacial score (nSPS) is 13.7. The van der Waals surface area contributed by atoms with Crippen LogP contribution in [0.15, 0.2) is 51.7 Å². The van der Waals surface area contributed by atoms with E-state index in [4.69, 9.17) is 16.0 Å². The summed E-state index contributed by atoms with van der Waals surface area (Å²) in [6, 6.07) is 12.1. The van der Waals surface area contributed by atoms with Crippen LogP contribution in [-0.2, 0) is 11.3 Å². The minimum atomic E-state index is -0.440. The molecular formula is C22H22ClN3O4. The van der Waals surface area contributed by atoms with Crippen LogP contribution in [0, 0.1) is 0 Å². The van der Waals surface area contributed by atoms with Gasteiger partial charge in [0.2, 0.25) is 5.91 Å². The van der Waals surface area contributed by atoms with Crippen LogP contribution in [0.3, 0.4) is 0 Å². The van der Waals surface area contributed by atoms with E-state index in [0.29, 0.717) is 40.3 Å². The minimum Gasteiger partial charge on any atom is -0.408 e. The van der Waals surface area contributed by atoms with Crippen LogP contribution in [0.2, 0.25) is 5.02 Å². The number of carbonyl (C=O) groups is 2. The van der Waals surface area contributed by atoms with Crippen molar-refractivity contribution >= 4 is 40.2 Å². The molecule has 1 aliphatic heterocycles. The van der Waals surface area contributed by atoms with Gasteiger partial charge < -0.3 is 14.6 Å². The Morgan fingerprint density at radius 2 is 1.87 bits per heavy atom. The Morgan fingerprint density at radius 3 is 2.67 bits per heavy atom. The smallest absolute Gasteiger partial charge is 0.408 e. The van der Waals surface area contributed by atoms with Crippen molar-refractivity contribution in [1.82, 2.24) is 9.47 Å². The van der Waals surface area contributed by atoms with Gasteiger partial charge in [-0.15, -0.1) is 0 Å². The van der Waals surface area contributed by atoms with Crippen LogP contribution in [0.5, 0.6) is 0 Å². The van der Waals surface area contributed by atoms with E-state index in [1.165, 1.54) is 4.57 Å². The molecule has 156 valence electrons. The van der Waals surface area contributed by atoms with Crippen LogP contribution in [0.1, 0.15) is 36.0 Å². The fourth-order valence-electron chi connectivity index (χ4n) is 3.73. The lowest BCUT2D eigenvalue weighted by atomic mass is 10.1. The Balaban J connectivity index is 1.41. The number of benzene rings is 2. The van der Waals surface area contributed by atoms with Crippen molar-refractivity contribution < 1.29 is 14.0 Å². The number of aryl methyl sites for hydroxylation is 1. The number of para-hydroxylation sites is 2. The predicted molar refractivity (Wildman–Crippen MR) is 115 cm³/mol. The third-order valence-corrected chi connectivity index (χ3v) is 5.47. The van der Waals surface area contributed by atoms with Gasteiger partial charge in [-0.25, -0.2) is 4.79 Å². The fraction of sp³-hybridized carbons (Fsp3) is 0.318. The zero-order chi connectivity index (χ0) is 21.1. The Bertz CT molecular complexity index is 1140. The number of rotatable bonds is 6. The number of fused-ring (bicyclic) bond motifs is 1. The van der Waals surface area contributed by atoms with Gasteiger partial charge in [0, 0.05) is 31.1 Å². The molecule has 0 spiro atoms. The molecule has 4 rings (SSSR count). The number of amides is 2. The number of hydrogen-bond donors (Lipinski definition) is 1. The second-order valence-electron chi connectivity index (χ2n) is 7.33. The van der Waals surface area contributed by atoms with E-state index in [1.54, 1.807) is 35.2 Å². The SMILES string of the molecule is O=C(CCCn1c(=O)oc2ccccc21)Nc1cc(Cl)ccc1C(=O)N1CCCC1. The van der Waals surface area contributed by atoms with Gasteiger partial charge in [0.05, 0.1) is 16.8 Å². The highest BCUT2D eigenvalue weighted by molar-refractivity contribution is 6.31. The van der Waals surface area contributed by atoms with Crippen LogP contribution in [-0.4, -0.2) is 34.4 Å². The zero-order valence-electron chi connectivity index (χ0n) is 16.4. The summed E-state index contributed by atoms with van der Waals surface area (Å²) in [4.78, 5) is 39.1. The molecule has 30 heavy (non-hydrogen) atoms. The molecule has 3 aromatic rings. The predicted octanol–water partition coefficient (Wildman–Crippen LogP) is 3.90.